The maximum atomic E-state index is 14.1. The van der Waals surface area contributed by atoms with Gasteiger partial charge in [-0.25, -0.2) is 13.4 Å². The highest BCUT2D eigenvalue weighted by Gasteiger charge is 2.62. The number of methoxy groups -OCH3 is 1. The molecule has 3 heterocycles. The van der Waals surface area contributed by atoms with Gasteiger partial charge in [-0.3, -0.25) is 19.1 Å². The summed E-state index contributed by atoms with van der Waals surface area (Å²) in [5, 5.41) is 7.21. The molecule has 3 amide bonds. The van der Waals surface area contributed by atoms with Crippen LogP contribution in [0.25, 0.3) is 16.8 Å². The summed E-state index contributed by atoms with van der Waals surface area (Å²) in [6, 6.07) is 4.26. The fourth-order valence-corrected chi connectivity index (χ4v) is 8.34. The Balaban J connectivity index is 1.30. The van der Waals surface area contributed by atoms with E-state index in [0.717, 1.165) is 41.3 Å². The second-order valence-corrected chi connectivity index (χ2v) is 16.6. The lowest BCUT2D eigenvalue weighted by Gasteiger charge is -2.29. The zero-order valence-corrected chi connectivity index (χ0v) is 29.5. The summed E-state index contributed by atoms with van der Waals surface area (Å²) < 4.78 is 39.6. The van der Waals surface area contributed by atoms with E-state index in [9.17, 15) is 22.8 Å². The van der Waals surface area contributed by atoms with Crippen LogP contribution in [0.15, 0.2) is 43.1 Å². The van der Waals surface area contributed by atoms with Gasteiger partial charge in [0.2, 0.25) is 27.7 Å². The van der Waals surface area contributed by atoms with E-state index in [2.05, 4.69) is 52.9 Å². The number of rotatable bonds is 7. The molecule has 3 N–H and O–H groups in total. The number of nitrogens with one attached hydrogen (secondary N) is 3. The third-order valence-corrected chi connectivity index (χ3v) is 12.1. The molecule has 0 radical (unpaired) electrons. The van der Waals surface area contributed by atoms with E-state index in [0.29, 0.717) is 25.3 Å². The third kappa shape index (κ3) is 7.33. The van der Waals surface area contributed by atoms with Crippen LogP contribution in [0.4, 0.5) is 0 Å². The smallest absolute Gasteiger partial charge is 0.259 e. The van der Waals surface area contributed by atoms with Gasteiger partial charge >= 0.3 is 0 Å². The van der Waals surface area contributed by atoms with Crippen LogP contribution in [0, 0.1) is 11.3 Å². The molecule has 2 aliphatic carbocycles. The van der Waals surface area contributed by atoms with E-state index < -0.39 is 56.7 Å². The molecule has 1 aromatic carbocycles. The number of nitrogens with zero attached hydrogens (tertiary/aromatic N) is 2. The SMILES string of the molecule is C=C[C@@H]1C[C@]1(NC(=O)[C@@H]1C[C@@H]2CN1C(=O)[C@H](C)NCCCC(C)(C)C/C=C/c1cc3c(nccc3cc1OC)O2)C(=O)NS(=O)(=O)C1CC1. The van der Waals surface area contributed by atoms with Gasteiger partial charge in [0, 0.05) is 29.5 Å². The maximum Gasteiger partial charge on any atom is 0.259 e. The lowest BCUT2D eigenvalue weighted by Crippen LogP contribution is -2.57. The van der Waals surface area contributed by atoms with Gasteiger partial charge in [0.1, 0.15) is 23.4 Å². The van der Waals surface area contributed by atoms with Crippen molar-refractivity contribution in [2.45, 2.75) is 94.7 Å². The van der Waals surface area contributed by atoms with Crippen LogP contribution in [0.2, 0.25) is 0 Å². The minimum atomic E-state index is -3.84. The monoisotopic (exact) mass is 693 g/mol. The Labute approximate surface area is 288 Å². The molecule has 3 fully saturated rings. The van der Waals surface area contributed by atoms with Gasteiger partial charge in [-0.2, -0.15) is 0 Å². The Morgan fingerprint density at radius 1 is 1.24 bits per heavy atom. The van der Waals surface area contributed by atoms with Crippen molar-refractivity contribution in [1.29, 1.82) is 0 Å². The zero-order valence-electron chi connectivity index (χ0n) is 28.7. The first kappa shape index (κ1) is 34.9. The molecular formula is C36H47N5O7S. The molecule has 2 saturated carbocycles. The van der Waals surface area contributed by atoms with Crippen molar-refractivity contribution >= 4 is 44.6 Å². The van der Waals surface area contributed by atoms with E-state index in [1.54, 1.807) is 26.3 Å². The first-order valence-corrected chi connectivity index (χ1v) is 18.7. The van der Waals surface area contributed by atoms with Crippen molar-refractivity contribution in [3.05, 3.63) is 48.7 Å². The summed E-state index contributed by atoms with van der Waals surface area (Å²) in [7, 11) is -2.20. The molecule has 49 heavy (non-hydrogen) atoms. The topological polar surface area (TPSA) is 156 Å². The number of fused-ring (bicyclic) bond motifs is 3. The molecule has 2 aromatic rings. The van der Waals surface area contributed by atoms with E-state index >= 15 is 0 Å². The van der Waals surface area contributed by atoms with Crippen molar-refractivity contribution in [3.8, 4) is 11.6 Å². The lowest BCUT2D eigenvalue weighted by atomic mass is 9.84. The Morgan fingerprint density at radius 2 is 2.02 bits per heavy atom. The summed E-state index contributed by atoms with van der Waals surface area (Å²) in [6.45, 7) is 10.7. The van der Waals surface area contributed by atoms with Gasteiger partial charge in [0.15, 0.2) is 0 Å². The van der Waals surface area contributed by atoms with Crippen LogP contribution in [-0.2, 0) is 24.4 Å². The predicted octanol–water partition coefficient (Wildman–Crippen LogP) is 3.46. The predicted molar refractivity (Wildman–Crippen MR) is 186 cm³/mol. The third-order valence-electron chi connectivity index (χ3n) is 10.3. The molecule has 1 saturated heterocycles. The largest absolute Gasteiger partial charge is 0.496 e. The molecule has 12 nitrogen and oxygen atoms in total. The number of carbonyl (C=O) groups is 3. The summed E-state index contributed by atoms with van der Waals surface area (Å²) >= 11 is 0. The molecule has 264 valence electrons. The van der Waals surface area contributed by atoms with E-state index in [-0.39, 0.29) is 30.7 Å². The van der Waals surface area contributed by atoms with Gasteiger partial charge in [0.25, 0.3) is 5.91 Å². The van der Waals surface area contributed by atoms with Crippen LogP contribution in [0.1, 0.15) is 71.3 Å². The molecule has 6 rings (SSSR count). The molecular weight excluding hydrogens is 646 g/mol. The number of amides is 3. The normalized spacial score (nSPS) is 29.3. The number of ether oxygens (including phenoxy) is 2. The van der Waals surface area contributed by atoms with Crippen molar-refractivity contribution < 1.29 is 32.3 Å². The molecule has 5 atom stereocenters. The van der Waals surface area contributed by atoms with Crippen molar-refractivity contribution in [2.24, 2.45) is 11.3 Å². The first-order chi connectivity index (χ1) is 23.3. The van der Waals surface area contributed by atoms with Crippen molar-refractivity contribution in [1.82, 2.24) is 25.2 Å². The van der Waals surface area contributed by atoms with Crippen molar-refractivity contribution in [3.63, 3.8) is 0 Å². The maximum absolute atomic E-state index is 14.1. The molecule has 2 aliphatic heterocycles. The van der Waals surface area contributed by atoms with Gasteiger partial charge in [-0.05, 0) is 81.0 Å². The average molecular weight is 694 g/mol. The summed E-state index contributed by atoms with van der Waals surface area (Å²) in [6.07, 6.45) is 10.8. The second kappa shape index (κ2) is 13.4. The summed E-state index contributed by atoms with van der Waals surface area (Å²) in [5.74, 6) is -0.950. The molecule has 0 spiro atoms. The van der Waals surface area contributed by atoms with Crippen LogP contribution in [0.3, 0.4) is 0 Å². The number of carbonyl (C=O) groups excluding carboxylic acids is 3. The number of benzene rings is 1. The minimum absolute atomic E-state index is 0.0223. The summed E-state index contributed by atoms with van der Waals surface area (Å²) in [4.78, 5) is 47.5. The lowest BCUT2D eigenvalue weighted by molar-refractivity contribution is -0.140. The quantitative estimate of drug-likeness (QED) is 0.370. The second-order valence-electron chi connectivity index (χ2n) is 14.6. The zero-order chi connectivity index (χ0) is 35.1. The molecule has 0 unspecified atom stereocenters. The molecule has 4 aliphatic rings. The standard InChI is InChI=1S/C36H47N5O7S/c1-6-25-20-36(25,34(44)40-49(45,46)27-10-11-27)39-31(42)29-19-26-21-41(29)33(43)22(2)37-15-8-14-35(3,4)13-7-9-24-17-28-23(18-30(24)47-5)12-16-38-32(28)48-26/h6-7,9,12,16-18,22,25-27,29,37H,1,8,10-11,13-15,19-21H2,2-5H3,(H,39,42)(H,40,44)/b9-7+/t22-,25+,26+,29-,36+/m0/s1. The van der Waals surface area contributed by atoms with Crippen LogP contribution in [0.5, 0.6) is 11.6 Å². The van der Waals surface area contributed by atoms with Crippen LogP contribution >= 0.6 is 0 Å². The molecule has 4 bridgehead atoms. The van der Waals surface area contributed by atoms with Gasteiger partial charge < -0.3 is 25.0 Å². The highest BCUT2D eigenvalue weighted by Crippen LogP contribution is 2.45. The number of hydrogen-bond acceptors (Lipinski definition) is 9. The number of allylic oxidation sites excluding steroid dienone is 1. The van der Waals surface area contributed by atoms with Gasteiger partial charge in [-0.15, -0.1) is 6.58 Å². The Hall–Kier alpha value is -3.97. The van der Waals surface area contributed by atoms with Gasteiger partial charge in [0.05, 0.1) is 24.9 Å². The highest BCUT2D eigenvalue weighted by molar-refractivity contribution is 7.91. The van der Waals surface area contributed by atoms with Crippen LogP contribution < -0.4 is 24.8 Å². The van der Waals surface area contributed by atoms with Crippen LogP contribution in [-0.4, -0.2) is 85.2 Å². The van der Waals surface area contributed by atoms with Gasteiger partial charge in [-0.1, -0.05) is 32.1 Å². The number of sulfonamides is 1. The Kier molecular flexibility index (Phi) is 9.53. The van der Waals surface area contributed by atoms with E-state index in [1.807, 2.05) is 18.2 Å². The number of pyridine rings is 1. The molecule has 1 aromatic heterocycles. The minimum Gasteiger partial charge on any atom is -0.496 e. The highest BCUT2D eigenvalue weighted by atomic mass is 32.2. The fraction of sp³-hybridized carbons (Fsp3) is 0.556. The van der Waals surface area contributed by atoms with E-state index in [1.165, 1.54) is 4.90 Å². The first-order valence-electron chi connectivity index (χ1n) is 17.1. The molecule has 13 heteroatoms. The Bertz CT molecular complexity index is 1790. The Morgan fingerprint density at radius 3 is 2.71 bits per heavy atom. The fourth-order valence-electron chi connectivity index (χ4n) is 6.97. The summed E-state index contributed by atoms with van der Waals surface area (Å²) in [5.41, 5.74) is -0.555. The average Bonchev–Trinajstić information content (AvgIpc) is 3.99. The van der Waals surface area contributed by atoms with E-state index in [4.69, 9.17) is 9.47 Å². The number of aromatic nitrogens is 1. The number of hydrogen-bond donors (Lipinski definition) is 3. The van der Waals surface area contributed by atoms with Crippen molar-refractivity contribution in [2.75, 3.05) is 20.2 Å².